The smallest absolute Gasteiger partial charge is 0.294 e. The van der Waals surface area contributed by atoms with Crippen LogP contribution in [0.4, 0.5) is 5.69 Å². The van der Waals surface area contributed by atoms with Gasteiger partial charge in [-0.15, -0.1) is 11.3 Å². The molecule has 0 fully saturated rings. The van der Waals surface area contributed by atoms with Crippen LogP contribution in [-0.2, 0) is 11.3 Å². The van der Waals surface area contributed by atoms with Crippen LogP contribution in [0.1, 0.15) is 5.01 Å². The van der Waals surface area contributed by atoms with E-state index in [1.807, 2.05) is 43.3 Å². The first-order valence-corrected chi connectivity index (χ1v) is 10.7. The summed E-state index contributed by atoms with van der Waals surface area (Å²) < 4.78 is 12.6. The van der Waals surface area contributed by atoms with Gasteiger partial charge < -0.3 is 14.4 Å². The van der Waals surface area contributed by atoms with Crippen molar-refractivity contribution in [1.82, 2.24) is 14.8 Å². The highest BCUT2D eigenvalue weighted by molar-refractivity contribution is 7.19. The predicted octanol–water partition coefficient (Wildman–Crippen LogP) is 3.51. The Hall–Kier alpha value is -3.72. The topological polar surface area (TPSA) is 86.6 Å². The molecule has 8 nitrogen and oxygen atoms in total. The average molecular weight is 451 g/mol. The van der Waals surface area contributed by atoms with E-state index in [9.17, 15) is 9.59 Å². The van der Waals surface area contributed by atoms with Crippen LogP contribution in [0.15, 0.2) is 53.3 Å². The lowest BCUT2D eigenvalue weighted by atomic mass is 10.1. The molecular weight excluding hydrogens is 428 g/mol. The molecule has 2 aromatic carbocycles. The van der Waals surface area contributed by atoms with E-state index in [-0.39, 0.29) is 12.5 Å². The summed E-state index contributed by atoms with van der Waals surface area (Å²) in [7, 11) is 4.79. The Balaban J connectivity index is 1.81. The zero-order chi connectivity index (χ0) is 22.8. The van der Waals surface area contributed by atoms with Crippen LogP contribution in [0.3, 0.4) is 0 Å². The third kappa shape index (κ3) is 3.94. The molecule has 0 atom stereocenters. The number of hydrogen-bond donors (Lipinski definition) is 0. The molecule has 2 aromatic heterocycles. The molecule has 164 valence electrons. The van der Waals surface area contributed by atoms with Crippen molar-refractivity contribution < 1.29 is 14.3 Å². The fraction of sp³-hybridized carbons (Fsp3) is 0.217. The van der Waals surface area contributed by atoms with E-state index in [1.165, 1.54) is 20.9 Å². The van der Waals surface area contributed by atoms with Crippen molar-refractivity contribution in [3.63, 3.8) is 0 Å². The Morgan fingerprint density at radius 1 is 1.09 bits per heavy atom. The summed E-state index contributed by atoms with van der Waals surface area (Å²) in [5.41, 5.74) is 1.91. The van der Waals surface area contributed by atoms with Gasteiger partial charge in [-0.05, 0) is 37.3 Å². The molecule has 0 saturated carbocycles. The summed E-state index contributed by atoms with van der Waals surface area (Å²) in [6, 6.07) is 14.6. The first-order valence-electron chi connectivity index (χ1n) is 9.85. The van der Waals surface area contributed by atoms with Gasteiger partial charge in [0, 0.05) is 18.3 Å². The summed E-state index contributed by atoms with van der Waals surface area (Å²) in [6.07, 6.45) is 0. The fourth-order valence-corrected chi connectivity index (χ4v) is 4.29. The molecule has 0 unspecified atom stereocenters. The lowest BCUT2D eigenvalue weighted by Gasteiger charge is -2.18. The number of likely N-dealkylation sites (N-methyl/N-ethyl adjacent to an activating group) is 1. The van der Waals surface area contributed by atoms with Gasteiger partial charge in [-0.25, -0.2) is 9.67 Å². The number of carbonyl (C=O) groups is 1. The predicted molar refractivity (Wildman–Crippen MR) is 125 cm³/mol. The van der Waals surface area contributed by atoms with Gasteiger partial charge in [0.05, 0.1) is 23.9 Å². The van der Waals surface area contributed by atoms with Crippen molar-refractivity contribution in [3.8, 4) is 22.8 Å². The maximum atomic E-state index is 13.1. The molecule has 32 heavy (non-hydrogen) atoms. The molecule has 2 heterocycles. The standard InChI is InChI=1S/C23H22N4O4S/c1-14-24-21-22(32-14)20(15-10-11-17(30-3)18(12-15)31-4)25-27(23(21)29)13-19(28)26(2)16-8-6-5-7-9-16/h5-12H,13H2,1-4H3. The van der Waals surface area contributed by atoms with E-state index in [0.717, 1.165) is 16.3 Å². The van der Waals surface area contributed by atoms with Crippen molar-refractivity contribution in [3.05, 3.63) is 63.9 Å². The van der Waals surface area contributed by atoms with E-state index in [4.69, 9.17) is 9.47 Å². The first-order chi connectivity index (χ1) is 15.4. The maximum absolute atomic E-state index is 13.1. The Morgan fingerprint density at radius 3 is 2.50 bits per heavy atom. The monoisotopic (exact) mass is 450 g/mol. The molecule has 0 spiro atoms. The Kier molecular flexibility index (Phi) is 5.91. The van der Waals surface area contributed by atoms with E-state index in [2.05, 4.69) is 10.1 Å². The van der Waals surface area contributed by atoms with Gasteiger partial charge in [0.1, 0.15) is 12.2 Å². The number of rotatable bonds is 6. The van der Waals surface area contributed by atoms with E-state index in [1.54, 1.807) is 33.4 Å². The molecule has 9 heteroatoms. The highest BCUT2D eigenvalue weighted by atomic mass is 32.1. The maximum Gasteiger partial charge on any atom is 0.294 e. The fourth-order valence-electron chi connectivity index (χ4n) is 3.38. The van der Waals surface area contributed by atoms with Crippen molar-refractivity contribution >= 4 is 33.1 Å². The van der Waals surface area contributed by atoms with Crippen LogP contribution in [-0.4, -0.2) is 41.9 Å². The Bertz CT molecular complexity index is 1350. The number of para-hydroxylation sites is 1. The van der Waals surface area contributed by atoms with Crippen LogP contribution >= 0.6 is 11.3 Å². The minimum Gasteiger partial charge on any atom is -0.493 e. The number of ether oxygens (including phenoxy) is 2. The largest absolute Gasteiger partial charge is 0.493 e. The van der Waals surface area contributed by atoms with Crippen molar-refractivity contribution in [2.75, 3.05) is 26.2 Å². The average Bonchev–Trinajstić information content (AvgIpc) is 3.22. The zero-order valence-electron chi connectivity index (χ0n) is 18.2. The summed E-state index contributed by atoms with van der Waals surface area (Å²) in [4.78, 5) is 31.9. The van der Waals surface area contributed by atoms with Crippen molar-refractivity contribution in [2.45, 2.75) is 13.5 Å². The summed E-state index contributed by atoms with van der Waals surface area (Å²) in [5, 5.41) is 5.30. The lowest BCUT2D eigenvalue weighted by Crippen LogP contribution is -2.35. The molecule has 4 rings (SSSR count). The van der Waals surface area contributed by atoms with E-state index >= 15 is 0 Å². The summed E-state index contributed by atoms with van der Waals surface area (Å²) in [5.74, 6) is 0.857. The van der Waals surface area contributed by atoms with Gasteiger partial charge in [-0.1, -0.05) is 18.2 Å². The number of amides is 1. The van der Waals surface area contributed by atoms with Crippen LogP contribution in [0.25, 0.3) is 21.5 Å². The molecule has 0 bridgehead atoms. The van der Waals surface area contributed by atoms with Crippen LogP contribution < -0.4 is 19.9 Å². The molecular formula is C23H22N4O4S. The van der Waals surface area contributed by atoms with E-state index in [0.29, 0.717) is 27.4 Å². The zero-order valence-corrected chi connectivity index (χ0v) is 19.0. The van der Waals surface area contributed by atoms with Gasteiger partial charge in [-0.2, -0.15) is 5.10 Å². The molecule has 0 aliphatic heterocycles. The van der Waals surface area contributed by atoms with Crippen molar-refractivity contribution in [1.29, 1.82) is 0 Å². The normalized spacial score (nSPS) is 10.9. The van der Waals surface area contributed by atoms with Gasteiger partial charge >= 0.3 is 0 Å². The minimum absolute atomic E-state index is 0.211. The third-order valence-electron chi connectivity index (χ3n) is 5.07. The molecule has 0 saturated heterocycles. The Labute approximate surface area is 188 Å². The highest BCUT2D eigenvalue weighted by Gasteiger charge is 2.20. The second-order valence-electron chi connectivity index (χ2n) is 7.08. The second-order valence-corrected chi connectivity index (χ2v) is 8.28. The van der Waals surface area contributed by atoms with Crippen molar-refractivity contribution in [2.24, 2.45) is 0 Å². The number of hydrogen-bond acceptors (Lipinski definition) is 7. The lowest BCUT2D eigenvalue weighted by molar-refractivity contribution is -0.119. The summed E-state index contributed by atoms with van der Waals surface area (Å²) >= 11 is 1.39. The van der Waals surface area contributed by atoms with Crippen LogP contribution in [0.5, 0.6) is 11.5 Å². The van der Waals surface area contributed by atoms with Crippen LogP contribution in [0, 0.1) is 6.92 Å². The minimum atomic E-state index is -0.400. The van der Waals surface area contributed by atoms with Gasteiger partial charge in [-0.3, -0.25) is 9.59 Å². The number of aryl methyl sites for hydroxylation is 1. The number of methoxy groups -OCH3 is 2. The van der Waals surface area contributed by atoms with E-state index < -0.39 is 5.56 Å². The second kappa shape index (κ2) is 8.80. The van der Waals surface area contributed by atoms with Gasteiger partial charge in [0.25, 0.3) is 5.56 Å². The van der Waals surface area contributed by atoms with Gasteiger partial charge in [0.2, 0.25) is 5.91 Å². The number of nitrogens with zero attached hydrogens (tertiary/aromatic N) is 4. The summed E-state index contributed by atoms with van der Waals surface area (Å²) in [6.45, 7) is 1.62. The third-order valence-corrected chi connectivity index (χ3v) is 6.04. The van der Waals surface area contributed by atoms with Crippen LogP contribution in [0.2, 0.25) is 0 Å². The number of thiazole rings is 1. The highest BCUT2D eigenvalue weighted by Crippen LogP contribution is 2.35. The Morgan fingerprint density at radius 2 is 1.81 bits per heavy atom. The SMILES string of the molecule is COc1ccc(-c2nn(CC(=O)N(C)c3ccccc3)c(=O)c3nc(C)sc23)cc1OC. The molecule has 0 N–H and O–H groups in total. The quantitative estimate of drug-likeness (QED) is 0.447. The first kappa shape index (κ1) is 21.5. The number of aromatic nitrogens is 3. The molecule has 1 amide bonds. The number of carbonyl (C=O) groups excluding carboxylic acids is 1. The molecule has 0 radical (unpaired) electrons. The van der Waals surface area contributed by atoms with Gasteiger partial charge in [0.15, 0.2) is 17.0 Å². The molecule has 0 aliphatic rings. The molecule has 4 aromatic rings. The number of fused-ring (bicyclic) bond motifs is 1. The number of benzene rings is 2. The number of anilines is 1. The molecule has 0 aliphatic carbocycles.